The molecule has 14 heavy (non-hydrogen) atoms. The number of hydrogen-bond donors (Lipinski definition) is 2. The maximum atomic E-state index is 11.0. The smallest absolute Gasteiger partial charge is 0.260 e. The number of hydrogen-bond acceptors (Lipinski definition) is 3. The summed E-state index contributed by atoms with van der Waals surface area (Å²) in [6, 6.07) is 5.40. The van der Waals surface area contributed by atoms with E-state index in [9.17, 15) is 4.79 Å². The molecule has 5 heteroatoms. The van der Waals surface area contributed by atoms with Crippen molar-refractivity contribution in [3.8, 4) is 0 Å². The van der Waals surface area contributed by atoms with Gasteiger partial charge in [-0.2, -0.15) is 0 Å². The molecule has 2 aromatic rings. The van der Waals surface area contributed by atoms with Gasteiger partial charge < -0.3 is 11.5 Å². The van der Waals surface area contributed by atoms with E-state index in [4.69, 9.17) is 23.1 Å². The van der Waals surface area contributed by atoms with Crippen LogP contribution in [0.5, 0.6) is 0 Å². The molecular formula is C9H7ClN2OS. The van der Waals surface area contributed by atoms with Gasteiger partial charge in [-0.15, -0.1) is 11.3 Å². The number of carbonyl (C=O) groups excluding carboxylic acids is 1. The molecule has 2 rings (SSSR count). The quantitative estimate of drug-likeness (QED) is 0.783. The van der Waals surface area contributed by atoms with Gasteiger partial charge in [0.05, 0.1) is 10.7 Å². The predicted molar refractivity (Wildman–Crippen MR) is 59.8 cm³/mol. The Bertz CT molecular complexity index is 521. The first-order chi connectivity index (χ1) is 6.61. The predicted octanol–water partition coefficient (Wildman–Crippen LogP) is 2.24. The van der Waals surface area contributed by atoms with Gasteiger partial charge in [0.1, 0.15) is 4.88 Å². The van der Waals surface area contributed by atoms with Crippen LogP contribution < -0.4 is 11.5 Å². The number of amides is 1. The number of anilines is 1. The Morgan fingerprint density at radius 2 is 2.14 bits per heavy atom. The molecule has 0 aliphatic rings. The molecule has 0 saturated heterocycles. The van der Waals surface area contributed by atoms with E-state index in [-0.39, 0.29) is 0 Å². The minimum absolute atomic E-state index is 0.369. The maximum absolute atomic E-state index is 11.0. The Labute approximate surface area is 89.3 Å². The molecule has 0 bridgehead atoms. The van der Waals surface area contributed by atoms with Crippen LogP contribution in [0.25, 0.3) is 10.1 Å². The van der Waals surface area contributed by atoms with Crippen molar-refractivity contribution in [2.45, 2.75) is 0 Å². The van der Waals surface area contributed by atoms with Crippen molar-refractivity contribution >= 4 is 44.6 Å². The number of primary amides is 1. The Hall–Kier alpha value is -1.26. The third-order valence-corrected chi connectivity index (χ3v) is 3.43. The highest BCUT2D eigenvalue weighted by Gasteiger charge is 2.15. The zero-order chi connectivity index (χ0) is 10.3. The van der Waals surface area contributed by atoms with Gasteiger partial charge in [-0.3, -0.25) is 4.79 Å². The van der Waals surface area contributed by atoms with E-state index in [0.29, 0.717) is 21.0 Å². The van der Waals surface area contributed by atoms with E-state index in [1.807, 2.05) is 12.1 Å². The molecule has 0 aliphatic heterocycles. The van der Waals surface area contributed by atoms with Gasteiger partial charge in [-0.05, 0) is 12.1 Å². The van der Waals surface area contributed by atoms with Gasteiger partial charge in [-0.25, -0.2) is 0 Å². The van der Waals surface area contributed by atoms with Crippen molar-refractivity contribution in [2.24, 2.45) is 5.73 Å². The van der Waals surface area contributed by atoms with E-state index >= 15 is 0 Å². The van der Waals surface area contributed by atoms with Crippen LogP contribution in [0.4, 0.5) is 5.69 Å². The van der Waals surface area contributed by atoms with Crippen LogP contribution in [-0.2, 0) is 0 Å². The lowest BCUT2D eigenvalue weighted by atomic mass is 10.2. The van der Waals surface area contributed by atoms with E-state index in [2.05, 4.69) is 0 Å². The van der Waals surface area contributed by atoms with Crippen LogP contribution in [0.1, 0.15) is 9.67 Å². The fourth-order valence-electron chi connectivity index (χ4n) is 1.31. The monoisotopic (exact) mass is 226 g/mol. The van der Waals surface area contributed by atoms with Crippen LogP contribution >= 0.6 is 22.9 Å². The highest BCUT2D eigenvalue weighted by Crippen LogP contribution is 2.37. The second-order valence-corrected chi connectivity index (χ2v) is 4.28. The summed E-state index contributed by atoms with van der Waals surface area (Å²) in [6.45, 7) is 0. The first-order valence-electron chi connectivity index (χ1n) is 3.87. The van der Waals surface area contributed by atoms with Crippen LogP contribution in [0.3, 0.4) is 0 Å². The van der Waals surface area contributed by atoms with Gasteiger partial charge >= 0.3 is 0 Å². The number of carbonyl (C=O) groups is 1. The van der Waals surface area contributed by atoms with Crippen molar-refractivity contribution in [3.63, 3.8) is 0 Å². The normalized spacial score (nSPS) is 10.6. The third-order valence-electron chi connectivity index (χ3n) is 1.93. The number of thiophene rings is 1. The highest BCUT2D eigenvalue weighted by atomic mass is 35.5. The van der Waals surface area contributed by atoms with Gasteiger partial charge in [0.25, 0.3) is 5.91 Å². The maximum Gasteiger partial charge on any atom is 0.260 e. The molecule has 0 saturated carbocycles. The van der Waals surface area contributed by atoms with Crippen molar-refractivity contribution in [1.29, 1.82) is 0 Å². The average molecular weight is 227 g/mol. The largest absolute Gasteiger partial charge is 0.397 e. The molecule has 4 N–H and O–H groups in total. The van der Waals surface area contributed by atoms with Gasteiger partial charge in [-0.1, -0.05) is 17.7 Å². The molecule has 0 spiro atoms. The van der Waals surface area contributed by atoms with Gasteiger partial charge in [0, 0.05) is 10.1 Å². The number of nitrogens with two attached hydrogens (primary N) is 2. The van der Waals surface area contributed by atoms with E-state index < -0.39 is 5.91 Å². The molecule has 0 fully saturated rings. The fourth-order valence-corrected chi connectivity index (χ4v) is 2.65. The standard InChI is InChI=1S/C9H7ClN2OS/c10-4-2-1-3-5-6(4)7(11)8(14-5)9(12)13/h1-3H,11H2,(H2,12,13). The zero-order valence-electron chi connectivity index (χ0n) is 7.08. The lowest BCUT2D eigenvalue weighted by Gasteiger charge is -1.95. The first kappa shape index (κ1) is 9.30. The van der Waals surface area contributed by atoms with Gasteiger partial charge in [0.2, 0.25) is 0 Å². The molecule has 0 atom stereocenters. The van der Waals surface area contributed by atoms with Crippen molar-refractivity contribution in [3.05, 3.63) is 28.1 Å². The Balaban J connectivity index is 2.87. The lowest BCUT2D eigenvalue weighted by molar-refractivity contribution is 0.100. The SMILES string of the molecule is NC(=O)c1sc2cccc(Cl)c2c1N. The molecule has 0 radical (unpaired) electrons. The zero-order valence-corrected chi connectivity index (χ0v) is 8.65. The molecule has 0 aliphatic carbocycles. The topological polar surface area (TPSA) is 69.1 Å². The average Bonchev–Trinajstić information content (AvgIpc) is 2.45. The second kappa shape index (κ2) is 3.15. The second-order valence-electron chi connectivity index (χ2n) is 2.82. The molecule has 1 amide bonds. The Morgan fingerprint density at radius 1 is 1.43 bits per heavy atom. The molecule has 72 valence electrons. The summed E-state index contributed by atoms with van der Waals surface area (Å²) in [6.07, 6.45) is 0. The fraction of sp³-hybridized carbons (Fsp3) is 0. The third kappa shape index (κ3) is 1.23. The molecule has 1 heterocycles. The number of nitrogen functional groups attached to an aromatic ring is 1. The minimum Gasteiger partial charge on any atom is -0.397 e. The van der Waals surface area contributed by atoms with Crippen LogP contribution in [0.2, 0.25) is 5.02 Å². The van der Waals surface area contributed by atoms with E-state index in [0.717, 1.165) is 4.70 Å². The van der Waals surface area contributed by atoms with Crippen LogP contribution in [-0.4, -0.2) is 5.91 Å². The van der Waals surface area contributed by atoms with E-state index in [1.54, 1.807) is 6.07 Å². The van der Waals surface area contributed by atoms with Crippen molar-refractivity contribution in [1.82, 2.24) is 0 Å². The number of fused-ring (bicyclic) bond motifs is 1. The summed E-state index contributed by atoms with van der Waals surface area (Å²) in [5.74, 6) is -0.514. The number of halogens is 1. The number of benzene rings is 1. The molecule has 3 nitrogen and oxygen atoms in total. The van der Waals surface area contributed by atoms with Crippen LogP contribution in [0.15, 0.2) is 18.2 Å². The summed E-state index contributed by atoms with van der Waals surface area (Å²) in [5, 5.41) is 1.26. The molecule has 1 aromatic carbocycles. The number of rotatable bonds is 1. The minimum atomic E-state index is -0.514. The summed E-state index contributed by atoms with van der Waals surface area (Å²) < 4.78 is 0.879. The first-order valence-corrected chi connectivity index (χ1v) is 5.07. The van der Waals surface area contributed by atoms with Crippen molar-refractivity contribution < 1.29 is 4.79 Å². The Morgan fingerprint density at radius 3 is 2.71 bits per heavy atom. The summed E-state index contributed by atoms with van der Waals surface area (Å²) in [7, 11) is 0. The summed E-state index contributed by atoms with van der Waals surface area (Å²) in [4.78, 5) is 11.4. The lowest BCUT2D eigenvalue weighted by Crippen LogP contribution is -2.10. The summed E-state index contributed by atoms with van der Waals surface area (Å²) in [5.41, 5.74) is 11.3. The van der Waals surface area contributed by atoms with Gasteiger partial charge in [0.15, 0.2) is 0 Å². The molecule has 1 aromatic heterocycles. The highest BCUT2D eigenvalue weighted by molar-refractivity contribution is 7.21. The van der Waals surface area contributed by atoms with E-state index in [1.165, 1.54) is 11.3 Å². The Kier molecular flexibility index (Phi) is 2.09. The van der Waals surface area contributed by atoms with Crippen LogP contribution in [0, 0.1) is 0 Å². The molecule has 0 unspecified atom stereocenters. The van der Waals surface area contributed by atoms with Crippen molar-refractivity contribution in [2.75, 3.05) is 5.73 Å². The molecular weight excluding hydrogens is 220 g/mol. The summed E-state index contributed by atoms with van der Waals surface area (Å²) >= 11 is 7.22.